The lowest BCUT2D eigenvalue weighted by atomic mass is 9.82. The van der Waals surface area contributed by atoms with Gasteiger partial charge in [0.2, 0.25) is 14.3 Å². The van der Waals surface area contributed by atoms with E-state index >= 15 is 4.11 Å². The average molecular weight is 584 g/mol. The largest absolute Gasteiger partial charge is 0.396 e. The van der Waals surface area contributed by atoms with Crippen molar-refractivity contribution in [3.8, 4) is 0 Å². The molecule has 1 aromatic heterocycles. The molecule has 0 aliphatic carbocycles. The maximum Gasteiger partial charge on any atom is 0.264 e. The molecule has 3 aliphatic heterocycles. The first-order valence-electron chi connectivity index (χ1n) is 14.9. The van der Waals surface area contributed by atoms with Crippen LogP contribution in [-0.2, 0) is 32.9 Å². The molecular weight excluding hydrogens is 541 g/mol. The van der Waals surface area contributed by atoms with E-state index < -0.39 is 31.6 Å². The van der Waals surface area contributed by atoms with Gasteiger partial charge in [0.15, 0.2) is 5.60 Å². The number of anilines is 2. The predicted molar refractivity (Wildman–Crippen MR) is 158 cm³/mol. The van der Waals surface area contributed by atoms with Gasteiger partial charge >= 0.3 is 0 Å². The number of hydrogen-bond donors (Lipinski definition) is 1. The van der Waals surface area contributed by atoms with Crippen LogP contribution in [0.3, 0.4) is 0 Å². The van der Waals surface area contributed by atoms with Gasteiger partial charge in [-0.15, -0.1) is 11.7 Å². The second-order valence-electron chi connectivity index (χ2n) is 12.1. The number of aryl methyl sites for hydroxylation is 1. The molecule has 0 unspecified atom stereocenters. The molecule has 4 atom stereocenters. The summed E-state index contributed by atoms with van der Waals surface area (Å²) in [6.07, 6.45) is 8.30. The highest BCUT2D eigenvalue weighted by Gasteiger charge is 2.66. The van der Waals surface area contributed by atoms with Crippen molar-refractivity contribution in [1.82, 2.24) is 15.0 Å². The van der Waals surface area contributed by atoms with Crippen LogP contribution in [0.2, 0.25) is 18.6 Å². The number of amides is 2. The highest BCUT2D eigenvalue weighted by atomic mass is 28.4. The van der Waals surface area contributed by atoms with Crippen LogP contribution >= 0.6 is 0 Å². The van der Waals surface area contributed by atoms with E-state index in [1.165, 1.54) is 0 Å². The van der Waals surface area contributed by atoms with Crippen molar-refractivity contribution in [3.63, 3.8) is 0 Å². The SMILES string of the molecule is C=CCN1C(=O)[C@@]2(O[C@@H](CCn3cc(CCO)nn3)[C@H]([Si](C)(C)F)[C@H]2C)c2cc(N3CCCCCCC3=O)ccc21. The summed E-state index contributed by atoms with van der Waals surface area (Å²) < 4.78 is 24.6. The van der Waals surface area contributed by atoms with Gasteiger partial charge in [-0.3, -0.25) is 14.3 Å². The van der Waals surface area contributed by atoms with Crippen LogP contribution in [0, 0.1) is 5.92 Å². The van der Waals surface area contributed by atoms with E-state index in [1.807, 2.05) is 30.0 Å². The van der Waals surface area contributed by atoms with Crippen molar-refractivity contribution in [2.45, 2.75) is 88.8 Å². The zero-order valence-corrected chi connectivity index (χ0v) is 25.4. The number of nitrogens with zero attached hydrogens (tertiary/aromatic N) is 5. The highest BCUT2D eigenvalue weighted by Crippen LogP contribution is 2.60. The molecule has 222 valence electrons. The minimum atomic E-state index is -3.31. The van der Waals surface area contributed by atoms with Crippen LogP contribution in [-0.4, -0.2) is 66.1 Å². The third-order valence-electron chi connectivity index (χ3n) is 8.99. The predicted octanol–water partition coefficient (Wildman–Crippen LogP) is 4.51. The summed E-state index contributed by atoms with van der Waals surface area (Å²) in [6.45, 7) is 10.6. The van der Waals surface area contributed by atoms with Crippen molar-refractivity contribution in [2.75, 3.05) is 29.5 Å². The van der Waals surface area contributed by atoms with Crippen LogP contribution in [0.15, 0.2) is 37.1 Å². The molecule has 0 bridgehead atoms. The van der Waals surface area contributed by atoms with E-state index in [0.29, 0.717) is 50.2 Å². The Bertz CT molecular complexity index is 1300. The molecule has 3 aliphatic rings. The number of halogens is 1. The first-order valence-corrected chi connectivity index (χ1v) is 17.8. The fourth-order valence-corrected chi connectivity index (χ4v) is 9.69. The highest BCUT2D eigenvalue weighted by molar-refractivity contribution is 6.72. The van der Waals surface area contributed by atoms with Gasteiger partial charge in [0, 0.05) is 68.0 Å². The van der Waals surface area contributed by atoms with Crippen molar-refractivity contribution in [3.05, 3.63) is 48.3 Å². The van der Waals surface area contributed by atoms with Gasteiger partial charge in [0.05, 0.1) is 17.5 Å². The van der Waals surface area contributed by atoms with E-state index in [2.05, 4.69) is 16.9 Å². The third-order valence-corrected chi connectivity index (χ3v) is 11.4. The number of aromatic nitrogens is 3. The molecule has 1 aromatic carbocycles. The number of aliphatic hydroxyl groups is 1. The maximum atomic E-state index is 16.1. The Morgan fingerprint density at radius 3 is 2.76 bits per heavy atom. The lowest BCUT2D eigenvalue weighted by Crippen LogP contribution is -2.45. The minimum absolute atomic E-state index is 0.0120. The van der Waals surface area contributed by atoms with Gasteiger partial charge < -0.3 is 23.8 Å². The number of carbonyl (C=O) groups excluding carboxylic acids is 2. The molecule has 5 rings (SSSR count). The zero-order chi connectivity index (χ0) is 29.4. The summed E-state index contributed by atoms with van der Waals surface area (Å²) in [4.78, 5) is 30.9. The number of rotatable bonds is 9. The summed E-state index contributed by atoms with van der Waals surface area (Å²) >= 11 is 0. The molecule has 11 heteroatoms. The topological polar surface area (TPSA) is 101 Å². The van der Waals surface area contributed by atoms with Crippen LogP contribution in [0.4, 0.5) is 15.5 Å². The fourth-order valence-electron chi connectivity index (χ4n) is 7.15. The monoisotopic (exact) mass is 583 g/mol. The smallest absolute Gasteiger partial charge is 0.264 e. The molecule has 41 heavy (non-hydrogen) atoms. The number of hydrogen-bond acceptors (Lipinski definition) is 6. The van der Waals surface area contributed by atoms with Crippen molar-refractivity contribution in [2.24, 2.45) is 5.92 Å². The van der Waals surface area contributed by atoms with E-state index in [1.54, 1.807) is 34.9 Å². The van der Waals surface area contributed by atoms with Crippen LogP contribution in [0.1, 0.15) is 56.7 Å². The maximum absolute atomic E-state index is 16.1. The van der Waals surface area contributed by atoms with Crippen molar-refractivity contribution in [1.29, 1.82) is 0 Å². The Labute approximate surface area is 242 Å². The lowest BCUT2D eigenvalue weighted by molar-refractivity contribution is -0.145. The lowest BCUT2D eigenvalue weighted by Gasteiger charge is -2.31. The van der Waals surface area contributed by atoms with E-state index in [4.69, 9.17) is 4.74 Å². The molecule has 0 radical (unpaired) electrons. The van der Waals surface area contributed by atoms with Crippen molar-refractivity contribution < 1.29 is 23.5 Å². The third kappa shape index (κ3) is 5.39. The molecule has 4 heterocycles. The molecule has 9 nitrogen and oxygen atoms in total. The summed E-state index contributed by atoms with van der Waals surface area (Å²) in [7, 11) is -3.31. The normalized spacial score (nSPS) is 26.9. The molecular formula is C30H42FN5O4Si. The summed E-state index contributed by atoms with van der Waals surface area (Å²) in [5, 5.41) is 17.5. The Morgan fingerprint density at radius 1 is 1.24 bits per heavy atom. The summed E-state index contributed by atoms with van der Waals surface area (Å²) in [5.41, 5.74) is 1.10. The fraction of sp³-hybridized carbons (Fsp3) is 0.600. The molecule has 2 fully saturated rings. The Balaban J connectivity index is 1.53. The molecule has 2 aromatic rings. The van der Waals surface area contributed by atoms with Gasteiger partial charge in [-0.25, -0.2) is 0 Å². The van der Waals surface area contributed by atoms with Crippen LogP contribution in [0.5, 0.6) is 0 Å². The first kappa shape index (κ1) is 29.6. The number of aliphatic hydroxyl groups excluding tert-OH is 1. The van der Waals surface area contributed by atoms with E-state index in [0.717, 1.165) is 37.1 Å². The molecule has 2 saturated heterocycles. The van der Waals surface area contributed by atoms with Crippen LogP contribution < -0.4 is 9.80 Å². The Morgan fingerprint density at radius 2 is 2.02 bits per heavy atom. The Hall–Kier alpha value is -2.89. The van der Waals surface area contributed by atoms with Crippen LogP contribution in [0.25, 0.3) is 0 Å². The molecule has 0 saturated carbocycles. The second kappa shape index (κ2) is 11.8. The number of carbonyl (C=O) groups is 2. The number of fused-ring (bicyclic) bond motifs is 2. The van der Waals surface area contributed by atoms with Gasteiger partial charge in [0.25, 0.3) is 5.91 Å². The van der Waals surface area contributed by atoms with Gasteiger partial charge in [-0.05, 0) is 50.6 Å². The Kier molecular flexibility index (Phi) is 8.50. The number of benzene rings is 1. The van der Waals surface area contributed by atoms with Gasteiger partial charge in [-0.1, -0.05) is 31.1 Å². The second-order valence-corrected chi connectivity index (χ2v) is 15.9. The first-order chi connectivity index (χ1) is 19.6. The van der Waals surface area contributed by atoms with E-state index in [-0.39, 0.29) is 18.4 Å². The summed E-state index contributed by atoms with van der Waals surface area (Å²) in [6, 6.07) is 5.76. The molecule has 1 spiro atoms. The number of ether oxygens (including phenoxy) is 1. The molecule has 2 amide bonds. The quantitative estimate of drug-likeness (QED) is 0.265. The zero-order valence-electron chi connectivity index (χ0n) is 24.4. The molecule has 1 N–H and O–H groups in total. The van der Waals surface area contributed by atoms with Crippen molar-refractivity contribution >= 4 is 31.6 Å². The standard InChI is InChI=1S/C30H42FN5O4Si/c1-5-15-36-25-12-11-23(35-16-9-7-6-8-10-27(35)38)19-24(25)30(29(36)39)21(2)28(41(3,4)31)26(40-30)13-17-34-20-22(14-18-37)32-33-34/h5,11-12,19-21,26,28,37H,1,6-10,13-18H2,2-4H3/t21-,26+,28-,30+/m1/s1. The van der Waals surface area contributed by atoms with Gasteiger partial charge in [0.1, 0.15) is 0 Å². The minimum Gasteiger partial charge on any atom is -0.396 e. The average Bonchev–Trinajstić information content (AvgIpc) is 3.56. The summed E-state index contributed by atoms with van der Waals surface area (Å²) in [5.74, 6) is -0.528. The van der Waals surface area contributed by atoms with E-state index in [9.17, 15) is 14.7 Å². The van der Waals surface area contributed by atoms with Gasteiger partial charge in [-0.2, -0.15) is 0 Å².